The lowest BCUT2D eigenvalue weighted by Gasteiger charge is -2.18. The average molecular weight is 509 g/mol. The number of rotatable bonds is 8. The highest BCUT2D eigenvalue weighted by molar-refractivity contribution is 6.32. The Morgan fingerprint density at radius 3 is 2.63 bits per heavy atom. The van der Waals surface area contributed by atoms with Gasteiger partial charge in [0.15, 0.2) is 11.5 Å². The van der Waals surface area contributed by atoms with Crippen LogP contribution in [0.5, 0.6) is 0 Å². The van der Waals surface area contributed by atoms with Crippen molar-refractivity contribution in [2.75, 3.05) is 0 Å². The third-order valence-corrected chi connectivity index (χ3v) is 6.08. The number of furan rings is 1. The van der Waals surface area contributed by atoms with E-state index in [1.807, 2.05) is 6.92 Å². The smallest absolute Gasteiger partial charge is 0.436 e. The summed E-state index contributed by atoms with van der Waals surface area (Å²) >= 11 is 5.92. The predicted octanol–water partition coefficient (Wildman–Crippen LogP) is 6.60. The van der Waals surface area contributed by atoms with Gasteiger partial charge in [-0.25, -0.2) is 9.07 Å². The van der Waals surface area contributed by atoms with Crippen LogP contribution in [0.4, 0.5) is 17.6 Å². The maximum atomic E-state index is 13.9. The van der Waals surface area contributed by atoms with Gasteiger partial charge in [0.2, 0.25) is 0 Å². The van der Waals surface area contributed by atoms with Crippen LogP contribution in [0.15, 0.2) is 53.5 Å². The van der Waals surface area contributed by atoms with E-state index in [-0.39, 0.29) is 24.3 Å². The monoisotopic (exact) mass is 508 g/mol. The predicted molar refractivity (Wildman–Crippen MR) is 121 cm³/mol. The average Bonchev–Trinajstić information content (AvgIpc) is 3.52. The number of halogens is 5. The molecule has 1 aromatic carbocycles. The second kappa shape index (κ2) is 9.69. The molecule has 0 aliphatic heterocycles. The lowest BCUT2D eigenvalue weighted by atomic mass is 9.99. The summed E-state index contributed by atoms with van der Waals surface area (Å²) in [7, 11) is 0. The molecule has 3 heterocycles. The van der Waals surface area contributed by atoms with Gasteiger partial charge in [0.25, 0.3) is 0 Å². The van der Waals surface area contributed by atoms with Crippen LogP contribution in [0.25, 0.3) is 16.9 Å². The highest BCUT2D eigenvalue weighted by Gasteiger charge is 2.39. The quantitative estimate of drug-likeness (QED) is 0.251. The standard InChI is InChI=1S/C24H21ClF4N4O2/c1-3-5-19(32-14(2)21(25)23(31-32)24(27,28)29)20(34)10-16-12-30-33(18-7-4-6-17(26)11-18)22(16)15-8-9-35-13-15/h4,6-9,11-13,19H,3,5,10H2,1-2H3. The van der Waals surface area contributed by atoms with Crippen molar-refractivity contribution in [2.45, 2.75) is 45.3 Å². The highest BCUT2D eigenvalue weighted by Crippen LogP contribution is 2.37. The summed E-state index contributed by atoms with van der Waals surface area (Å²) in [4.78, 5) is 13.4. The number of carbonyl (C=O) groups excluding carboxylic acids is 1. The summed E-state index contributed by atoms with van der Waals surface area (Å²) in [6, 6.07) is 6.53. The molecule has 0 radical (unpaired) electrons. The minimum Gasteiger partial charge on any atom is -0.472 e. The fraction of sp³-hybridized carbons (Fsp3) is 0.292. The lowest BCUT2D eigenvalue weighted by Crippen LogP contribution is -2.24. The number of benzene rings is 1. The molecule has 0 saturated heterocycles. The normalized spacial score (nSPS) is 12.8. The first-order valence-electron chi connectivity index (χ1n) is 10.8. The van der Waals surface area contributed by atoms with Crippen molar-refractivity contribution < 1.29 is 26.8 Å². The van der Waals surface area contributed by atoms with Gasteiger partial charge in [-0.05, 0) is 37.6 Å². The minimum atomic E-state index is -4.74. The first-order valence-corrected chi connectivity index (χ1v) is 11.2. The summed E-state index contributed by atoms with van der Waals surface area (Å²) < 4.78 is 61.7. The van der Waals surface area contributed by atoms with Crippen molar-refractivity contribution in [2.24, 2.45) is 0 Å². The van der Waals surface area contributed by atoms with E-state index >= 15 is 0 Å². The molecule has 1 unspecified atom stereocenters. The molecule has 0 fully saturated rings. The van der Waals surface area contributed by atoms with Crippen molar-refractivity contribution >= 4 is 17.4 Å². The molecule has 0 spiro atoms. The van der Waals surface area contributed by atoms with Gasteiger partial charge in [0.05, 0.1) is 40.8 Å². The summed E-state index contributed by atoms with van der Waals surface area (Å²) in [6.45, 7) is 3.23. The summed E-state index contributed by atoms with van der Waals surface area (Å²) in [5.41, 5.74) is 0.918. The van der Waals surface area contributed by atoms with Crippen LogP contribution < -0.4 is 0 Å². The topological polar surface area (TPSA) is 65.8 Å². The van der Waals surface area contributed by atoms with E-state index in [1.54, 1.807) is 12.1 Å². The second-order valence-electron chi connectivity index (χ2n) is 8.06. The Bertz CT molecular complexity index is 1340. The van der Waals surface area contributed by atoms with E-state index in [1.165, 1.54) is 48.5 Å². The van der Waals surface area contributed by atoms with E-state index in [0.717, 1.165) is 4.68 Å². The van der Waals surface area contributed by atoms with Gasteiger partial charge in [-0.15, -0.1) is 0 Å². The molecule has 11 heteroatoms. The summed E-state index contributed by atoms with van der Waals surface area (Å²) in [6.07, 6.45) is 0.332. The molecule has 184 valence electrons. The molecular weight excluding hydrogens is 488 g/mol. The van der Waals surface area contributed by atoms with Gasteiger partial charge in [-0.2, -0.15) is 23.4 Å². The Hall–Kier alpha value is -3.40. The van der Waals surface area contributed by atoms with Gasteiger partial charge in [-0.1, -0.05) is 31.0 Å². The Balaban J connectivity index is 1.74. The zero-order chi connectivity index (χ0) is 25.3. The molecule has 4 aromatic rings. The molecule has 4 rings (SSSR count). The van der Waals surface area contributed by atoms with Gasteiger partial charge in [0.1, 0.15) is 11.9 Å². The number of ketones is 1. The molecule has 0 N–H and O–H groups in total. The van der Waals surface area contributed by atoms with Crippen LogP contribution in [0, 0.1) is 12.7 Å². The fourth-order valence-corrected chi connectivity index (χ4v) is 4.24. The number of hydrogen-bond acceptors (Lipinski definition) is 4. The fourth-order valence-electron chi connectivity index (χ4n) is 4.00. The Kier molecular flexibility index (Phi) is 6.84. The van der Waals surface area contributed by atoms with Crippen molar-refractivity contribution in [1.29, 1.82) is 0 Å². The Morgan fingerprint density at radius 1 is 1.26 bits per heavy atom. The zero-order valence-electron chi connectivity index (χ0n) is 18.8. The van der Waals surface area contributed by atoms with Crippen LogP contribution in [-0.2, 0) is 17.4 Å². The van der Waals surface area contributed by atoms with Crippen molar-refractivity contribution in [3.05, 3.63) is 76.8 Å². The Labute approximate surface area is 203 Å². The molecule has 0 amide bonds. The number of carbonyl (C=O) groups is 1. The van der Waals surface area contributed by atoms with E-state index in [9.17, 15) is 22.4 Å². The first-order chi connectivity index (χ1) is 16.6. The number of aromatic nitrogens is 4. The summed E-state index contributed by atoms with van der Waals surface area (Å²) in [5, 5.41) is 7.48. The number of hydrogen-bond donors (Lipinski definition) is 0. The molecule has 0 bridgehead atoms. The van der Waals surface area contributed by atoms with Crippen LogP contribution in [-0.4, -0.2) is 25.3 Å². The van der Waals surface area contributed by atoms with E-state index in [0.29, 0.717) is 28.9 Å². The number of Topliss-reactive ketones (excluding diaryl/α,β-unsaturated/α-hetero) is 1. The first kappa shape index (κ1) is 24.7. The SMILES string of the molecule is CCCC(C(=O)Cc1cnn(-c2cccc(F)c2)c1-c1ccoc1)n1nc(C(F)(F)F)c(Cl)c1C. The second-order valence-corrected chi connectivity index (χ2v) is 8.44. The zero-order valence-corrected chi connectivity index (χ0v) is 19.6. The van der Waals surface area contributed by atoms with E-state index in [4.69, 9.17) is 16.0 Å². The largest absolute Gasteiger partial charge is 0.472 e. The van der Waals surface area contributed by atoms with Gasteiger partial charge >= 0.3 is 6.18 Å². The van der Waals surface area contributed by atoms with Crippen molar-refractivity contribution in [3.63, 3.8) is 0 Å². The molecule has 1 atom stereocenters. The third-order valence-electron chi connectivity index (χ3n) is 5.63. The Morgan fingerprint density at radius 2 is 2.03 bits per heavy atom. The van der Waals surface area contributed by atoms with Crippen LogP contribution in [0.2, 0.25) is 5.02 Å². The van der Waals surface area contributed by atoms with Crippen LogP contribution in [0.3, 0.4) is 0 Å². The van der Waals surface area contributed by atoms with Crippen LogP contribution in [0.1, 0.15) is 42.8 Å². The third kappa shape index (κ3) is 4.88. The maximum Gasteiger partial charge on any atom is 0.436 e. The van der Waals surface area contributed by atoms with Gasteiger partial charge in [0, 0.05) is 17.5 Å². The van der Waals surface area contributed by atoms with Gasteiger partial charge in [-0.3, -0.25) is 9.48 Å². The highest BCUT2D eigenvalue weighted by atomic mass is 35.5. The molecule has 0 saturated carbocycles. The molecule has 0 aliphatic carbocycles. The molecule has 6 nitrogen and oxygen atoms in total. The van der Waals surface area contributed by atoms with Crippen molar-refractivity contribution in [3.8, 4) is 16.9 Å². The lowest BCUT2D eigenvalue weighted by molar-refractivity contribution is -0.141. The molecular formula is C24H21ClF4N4O2. The molecule has 0 aliphatic rings. The number of nitrogens with zero attached hydrogens (tertiary/aromatic N) is 4. The molecule has 35 heavy (non-hydrogen) atoms. The van der Waals surface area contributed by atoms with E-state index < -0.39 is 28.8 Å². The minimum absolute atomic E-state index is 0.0660. The van der Waals surface area contributed by atoms with Crippen LogP contribution >= 0.6 is 11.6 Å². The van der Waals surface area contributed by atoms with E-state index in [2.05, 4.69) is 10.2 Å². The number of alkyl halides is 3. The van der Waals surface area contributed by atoms with Gasteiger partial charge < -0.3 is 4.42 Å². The molecule has 3 aromatic heterocycles. The van der Waals surface area contributed by atoms with Crippen molar-refractivity contribution in [1.82, 2.24) is 19.6 Å². The maximum absolute atomic E-state index is 13.9. The summed E-state index contributed by atoms with van der Waals surface area (Å²) in [5.74, 6) is -0.810.